The third-order valence-electron chi connectivity index (χ3n) is 10.8. The monoisotopic (exact) mass is 625 g/mol. The topological polar surface area (TPSA) is 3.24 Å². The fraction of sp³-hybridized carbons (Fsp3) is 0.200. The van der Waals surface area contributed by atoms with Gasteiger partial charge in [-0.3, -0.25) is 0 Å². The Morgan fingerprint density at radius 1 is 0.468 bits per heavy atom. The largest absolute Gasteiger partial charge is 0.311 e. The average molecular weight is 626 g/mol. The van der Waals surface area contributed by atoms with E-state index >= 15 is 0 Å². The first-order valence-electron chi connectivity index (χ1n) is 17.0. The summed E-state index contributed by atoms with van der Waals surface area (Å²) in [5.41, 5.74) is 14.8. The number of hydrogen-bond donors (Lipinski definition) is 0. The van der Waals surface area contributed by atoms with E-state index in [-0.39, 0.29) is 10.8 Å². The number of fused-ring (bicyclic) bond motifs is 4. The summed E-state index contributed by atoms with van der Waals surface area (Å²) < 4.78 is 0. The van der Waals surface area contributed by atoms with E-state index < -0.39 is 8.07 Å². The molecule has 0 atom stereocenters. The van der Waals surface area contributed by atoms with E-state index in [1.807, 2.05) is 0 Å². The van der Waals surface area contributed by atoms with Gasteiger partial charge in [-0.15, -0.1) is 0 Å². The van der Waals surface area contributed by atoms with E-state index in [9.17, 15) is 0 Å². The van der Waals surface area contributed by atoms with E-state index in [4.69, 9.17) is 0 Å². The van der Waals surface area contributed by atoms with Gasteiger partial charge >= 0.3 is 0 Å². The first-order chi connectivity index (χ1) is 22.5. The highest BCUT2D eigenvalue weighted by Gasteiger charge is 2.43. The number of nitrogens with zero attached hydrogens (tertiary/aromatic N) is 1. The standard InChI is InChI=1S/C45H43NSi/c1-44(2)30-45(3,4)43-37(16-12-17-40(43)44)33-21-25-35(26-22-33)46(34-23-19-32(20-24-34)31-13-8-7-9-14-31)36-27-28-39-38-15-10-11-18-41(38)47(5,6)42(39)29-36/h7-29H,30H2,1-6H3. The lowest BCUT2D eigenvalue weighted by Gasteiger charge is -2.28. The second kappa shape index (κ2) is 10.7. The third-order valence-corrected chi connectivity index (χ3v) is 14.4. The van der Waals surface area contributed by atoms with Crippen molar-refractivity contribution in [1.82, 2.24) is 0 Å². The lowest BCUT2D eigenvalue weighted by Crippen LogP contribution is -2.49. The first-order valence-corrected chi connectivity index (χ1v) is 20.0. The molecule has 0 radical (unpaired) electrons. The number of benzene rings is 6. The Labute approximate surface area is 281 Å². The molecular weight excluding hydrogens is 583 g/mol. The predicted octanol–water partition coefficient (Wildman–Crippen LogP) is 11.3. The molecule has 232 valence electrons. The number of hydrogen-bond acceptors (Lipinski definition) is 1. The molecule has 47 heavy (non-hydrogen) atoms. The molecule has 2 heteroatoms. The van der Waals surface area contributed by atoms with Crippen LogP contribution in [0.4, 0.5) is 17.1 Å². The summed E-state index contributed by atoms with van der Waals surface area (Å²) in [6.45, 7) is 14.6. The SMILES string of the molecule is CC1(C)CC(C)(C)c2c(-c3ccc(N(c4ccc(-c5ccccc5)cc4)c4ccc5c(c4)[Si](C)(C)c4ccccc4-5)cc3)cccc21. The first kappa shape index (κ1) is 29.7. The summed E-state index contributed by atoms with van der Waals surface area (Å²) in [5, 5.41) is 3.06. The lowest BCUT2D eigenvalue weighted by atomic mass is 9.80. The summed E-state index contributed by atoms with van der Waals surface area (Å²) in [4.78, 5) is 2.44. The Bertz CT molecular complexity index is 2120. The van der Waals surface area contributed by atoms with Crippen LogP contribution >= 0.6 is 0 Å². The van der Waals surface area contributed by atoms with Crippen LogP contribution < -0.4 is 15.3 Å². The van der Waals surface area contributed by atoms with E-state index in [2.05, 4.69) is 185 Å². The van der Waals surface area contributed by atoms with Crippen molar-refractivity contribution >= 4 is 35.5 Å². The molecule has 0 unspecified atom stereocenters. The highest BCUT2D eigenvalue weighted by Crippen LogP contribution is 2.52. The molecule has 0 amide bonds. The van der Waals surface area contributed by atoms with Crippen LogP contribution in [0.3, 0.4) is 0 Å². The summed E-state index contributed by atoms with van der Waals surface area (Å²) in [6.07, 6.45) is 1.17. The molecule has 0 fully saturated rings. The average Bonchev–Trinajstić information content (AvgIpc) is 3.43. The lowest BCUT2D eigenvalue weighted by molar-refractivity contribution is 0.403. The Hall–Kier alpha value is -4.66. The maximum absolute atomic E-state index is 2.50. The number of rotatable bonds is 5. The highest BCUT2D eigenvalue weighted by atomic mass is 28.3. The summed E-state index contributed by atoms with van der Waals surface area (Å²) in [5.74, 6) is 0. The van der Waals surface area contributed by atoms with Gasteiger partial charge in [-0.1, -0.05) is 144 Å². The van der Waals surface area contributed by atoms with Crippen molar-refractivity contribution in [3.63, 3.8) is 0 Å². The fourth-order valence-electron chi connectivity index (χ4n) is 8.88. The van der Waals surface area contributed by atoms with Crippen LogP contribution in [0.25, 0.3) is 33.4 Å². The highest BCUT2D eigenvalue weighted by molar-refractivity contribution is 7.03. The van der Waals surface area contributed by atoms with E-state index in [1.54, 1.807) is 0 Å². The van der Waals surface area contributed by atoms with Gasteiger partial charge in [0.05, 0.1) is 0 Å². The third kappa shape index (κ3) is 4.81. The molecule has 1 aliphatic heterocycles. The van der Waals surface area contributed by atoms with Crippen molar-refractivity contribution in [2.24, 2.45) is 0 Å². The van der Waals surface area contributed by atoms with Crippen LogP contribution in [0.2, 0.25) is 13.1 Å². The quantitative estimate of drug-likeness (QED) is 0.172. The van der Waals surface area contributed by atoms with Crippen LogP contribution in [-0.2, 0) is 10.8 Å². The molecule has 8 rings (SSSR count). The minimum atomic E-state index is -1.83. The van der Waals surface area contributed by atoms with E-state index in [0.717, 1.165) is 5.69 Å². The molecule has 0 aromatic heterocycles. The molecule has 6 aromatic rings. The van der Waals surface area contributed by atoms with Crippen molar-refractivity contribution in [2.75, 3.05) is 4.90 Å². The second-order valence-corrected chi connectivity index (χ2v) is 19.7. The van der Waals surface area contributed by atoms with Gasteiger partial charge in [0.1, 0.15) is 8.07 Å². The zero-order valence-corrected chi connectivity index (χ0v) is 29.4. The molecular formula is C45H43NSi. The van der Waals surface area contributed by atoms with Crippen LogP contribution in [0, 0.1) is 0 Å². The minimum absolute atomic E-state index is 0.138. The Morgan fingerprint density at radius 3 is 1.72 bits per heavy atom. The molecule has 0 saturated heterocycles. The van der Waals surface area contributed by atoms with Crippen molar-refractivity contribution in [3.05, 3.63) is 151 Å². The molecule has 0 spiro atoms. The van der Waals surface area contributed by atoms with Crippen LogP contribution in [0.5, 0.6) is 0 Å². The zero-order chi connectivity index (χ0) is 32.6. The molecule has 1 nitrogen and oxygen atoms in total. The molecule has 0 N–H and O–H groups in total. The summed E-state index contributed by atoms with van der Waals surface area (Å²) in [7, 11) is -1.83. The molecule has 6 aromatic carbocycles. The molecule has 1 aliphatic carbocycles. The van der Waals surface area contributed by atoms with Gasteiger partial charge < -0.3 is 4.90 Å². The molecule has 0 bridgehead atoms. The van der Waals surface area contributed by atoms with Crippen LogP contribution in [-0.4, -0.2) is 8.07 Å². The van der Waals surface area contributed by atoms with Gasteiger partial charge in [-0.2, -0.15) is 0 Å². The Morgan fingerprint density at radius 2 is 1.02 bits per heavy atom. The van der Waals surface area contributed by atoms with Crippen molar-refractivity contribution in [3.8, 4) is 33.4 Å². The van der Waals surface area contributed by atoms with Crippen molar-refractivity contribution in [1.29, 1.82) is 0 Å². The van der Waals surface area contributed by atoms with E-state index in [0.29, 0.717) is 0 Å². The maximum atomic E-state index is 2.50. The number of anilines is 3. The van der Waals surface area contributed by atoms with Gasteiger partial charge in [0.25, 0.3) is 0 Å². The zero-order valence-electron chi connectivity index (χ0n) is 28.4. The van der Waals surface area contributed by atoms with Gasteiger partial charge in [0.2, 0.25) is 0 Å². The van der Waals surface area contributed by atoms with Gasteiger partial charge in [0.15, 0.2) is 0 Å². The summed E-state index contributed by atoms with van der Waals surface area (Å²) in [6, 6.07) is 52.1. The maximum Gasteiger partial charge on any atom is 0.113 e. The summed E-state index contributed by atoms with van der Waals surface area (Å²) >= 11 is 0. The van der Waals surface area contributed by atoms with Crippen molar-refractivity contribution in [2.45, 2.75) is 58.0 Å². The Kier molecular flexibility index (Phi) is 6.76. The molecule has 2 aliphatic rings. The van der Waals surface area contributed by atoms with Gasteiger partial charge in [0, 0.05) is 17.1 Å². The second-order valence-electron chi connectivity index (χ2n) is 15.4. The van der Waals surface area contributed by atoms with Gasteiger partial charge in [-0.25, -0.2) is 0 Å². The molecule has 0 saturated carbocycles. The predicted molar refractivity (Wildman–Crippen MR) is 205 cm³/mol. The molecule has 1 heterocycles. The normalized spacial score (nSPS) is 16.3. The fourth-order valence-corrected chi connectivity index (χ4v) is 12.0. The van der Waals surface area contributed by atoms with Crippen LogP contribution in [0.15, 0.2) is 140 Å². The van der Waals surface area contributed by atoms with Crippen molar-refractivity contribution < 1.29 is 0 Å². The smallest absolute Gasteiger partial charge is 0.113 e. The minimum Gasteiger partial charge on any atom is -0.311 e. The van der Waals surface area contributed by atoms with E-state index in [1.165, 1.54) is 72.7 Å². The van der Waals surface area contributed by atoms with Gasteiger partial charge in [-0.05, 0) is 109 Å². The van der Waals surface area contributed by atoms with Crippen LogP contribution in [0.1, 0.15) is 45.2 Å². The Balaban J connectivity index is 1.24.